The summed E-state index contributed by atoms with van der Waals surface area (Å²) in [6.45, 7) is 3.40. The van der Waals surface area contributed by atoms with Crippen LogP contribution < -0.4 is 10.9 Å². The van der Waals surface area contributed by atoms with Gasteiger partial charge in [-0.25, -0.2) is 0 Å². The first-order valence-corrected chi connectivity index (χ1v) is 7.81. The molecule has 2 aliphatic rings. The Morgan fingerprint density at radius 1 is 1.38 bits per heavy atom. The van der Waals surface area contributed by atoms with Crippen molar-refractivity contribution in [1.82, 2.24) is 4.57 Å². The molecular formula is C17H24N2O2. The predicted molar refractivity (Wildman–Crippen MR) is 84.5 cm³/mol. The number of nitrogens with one attached hydrogen (secondary N) is 1. The Morgan fingerprint density at radius 2 is 2.24 bits per heavy atom. The lowest BCUT2D eigenvalue weighted by Gasteiger charge is -2.27. The van der Waals surface area contributed by atoms with E-state index in [0.717, 1.165) is 17.5 Å². The number of aromatic nitrogens is 1. The van der Waals surface area contributed by atoms with Gasteiger partial charge in [-0.1, -0.05) is 12.2 Å². The molecule has 1 aromatic rings. The standard InChI is InChI=1S/C17H24N2O2/c1-12(16-10-13-3-4-14(16)9-13)18-15-5-6-17(20)19(11-15)7-8-21-2/h3-6,11-14,16,18H,7-10H2,1-2H3. The third-order valence-corrected chi connectivity index (χ3v) is 4.89. The third-order valence-electron chi connectivity index (χ3n) is 4.89. The second-order valence-electron chi connectivity index (χ2n) is 6.32. The maximum absolute atomic E-state index is 11.8. The second kappa shape index (κ2) is 6.06. The van der Waals surface area contributed by atoms with E-state index in [-0.39, 0.29) is 5.56 Å². The van der Waals surface area contributed by atoms with Crippen LogP contribution in [0.15, 0.2) is 35.3 Å². The summed E-state index contributed by atoms with van der Waals surface area (Å²) in [6.07, 6.45) is 9.28. The van der Waals surface area contributed by atoms with Crippen molar-refractivity contribution in [1.29, 1.82) is 0 Å². The molecule has 1 heterocycles. The predicted octanol–water partition coefficient (Wildman–Crippen LogP) is 2.51. The summed E-state index contributed by atoms with van der Waals surface area (Å²) < 4.78 is 6.76. The zero-order chi connectivity index (χ0) is 14.8. The number of hydrogen-bond donors (Lipinski definition) is 1. The Hall–Kier alpha value is -1.55. The Morgan fingerprint density at radius 3 is 2.90 bits per heavy atom. The molecule has 4 unspecified atom stereocenters. The molecule has 1 N–H and O–H groups in total. The molecular weight excluding hydrogens is 264 g/mol. The van der Waals surface area contributed by atoms with Gasteiger partial charge in [-0.05, 0) is 43.6 Å². The van der Waals surface area contributed by atoms with Crippen LogP contribution in [0.5, 0.6) is 0 Å². The van der Waals surface area contributed by atoms with Crippen LogP contribution >= 0.6 is 0 Å². The van der Waals surface area contributed by atoms with Gasteiger partial charge in [0.05, 0.1) is 12.3 Å². The van der Waals surface area contributed by atoms with Crippen LogP contribution in [-0.4, -0.2) is 24.3 Å². The highest BCUT2D eigenvalue weighted by Gasteiger charge is 2.38. The van der Waals surface area contributed by atoms with Crippen molar-refractivity contribution in [3.05, 3.63) is 40.8 Å². The van der Waals surface area contributed by atoms with Crippen LogP contribution in [0, 0.1) is 17.8 Å². The van der Waals surface area contributed by atoms with Crippen molar-refractivity contribution in [3.63, 3.8) is 0 Å². The lowest BCUT2D eigenvalue weighted by molar-refractivity contribution is 0.186. The number of hydrogen-bond acceptors (Lipinski definition) is 3. The second-order valence-corrected chi connectivity index (χ2v) is 6.32. The monoisotopic (exact) mass is 288 g/mol. The number of allylic oxidation sites excluding steroid dienone is 2. The molecule has 4 heteroatoms. The lowest BCUT2D eigenvalue weighted by atomic mass is 9.87. The van der Waals surface area contributed by atoms with Crippen molar-refractivity contribution in [2.45, 2.75) is 32.4 Å². The van der Waals surface area contributed by atoms with Gasteiger partial charge in [-0.2, -0.15) is 0 Å². The Labute approximate surface area is 125 Å². The SMILES string of the molecule is COCCn1cc(NC(C)C2CC3C=CC2C3)ccc1=O. The summed E-state index contributed by atoms with van der Waals surface area (Å²) in [5, 5.41) is 3.58. The van der Waals surface area contributed by atoms with Crippen LogP contribution in [0.2, 0.25) is 0 Å². The molecule has 3 rings (SSSR count). The molecule has 0 amide bonds. The van der Waals surface area contributed by atoms with E-state index in [9.17, 15) is 4.79 Å². The molecule has 1 fully saturated rings. The first-order valence-electron chi connectivity index (χ1n) is 7.81. The quantitative estimate of drug-likeness (QED) is 0.818. The van der Waals surface area contributed by atoms with Gasteiger partial charge in [0.1, 0.15) is 0 Å². The van der Waals surface area contributed by atoms with Crippen LogP contribution in [-0.2, 0) is 11.3 Å². The molecule has 0 saturated heterocycles. The van der Waals surface area contributed by atoms with Gasteiger partial charge in [0.15, 0.2) is 0 Å². The highest BCUT2D eigenvalue weighted by atomic mass is 16.5. The molecule has 21 heavy (non-hydrogen) atoms. The van der Waals surface area contributed by atoms with Crippen LogP contribution in [0.25, 0.3) is 0 Å². The van der Waals surface area contributed by atoms with Gasteiger partial charge in [-0.15, -0.1) is 0 Å². The summed E-state index contributed by atoms with van der Waals surface area (Å²) in [6, 6.07) is 3.94. The van der Waals surface area contributed by atoms with Crippen molar-refractivity contribution in [2.24, 2.45) is 17.8 Å². The van der Waals surface area contributed by atoms with Crippen molar-refractivity contribution in [3.8, 4) is 0 Å². The van der Waals surface area contributed by atoms with Gasteiger partial charge < -0.3 is 14.6 Å². The number of pyridine rings is 1. The average Bonchev–Trinajstić information content (AvgIpc) is 3.10. The van der Waals surface area contributed by atoms with E-state index in [0.29, 0.717) is 25.1 Å². The largest absolute Gasteiger partial charge is 0.383 e. The van der Waals surface area contributed by atoms with E-state index in [1.165, 1.54) is 12.8 Å². The number of fused-ring (bicyclic) bond motifs is 2. The molecule has 114 valence electrons. The van der Waals surface area contributed by atoms with Gasteiger partial charge in [0.25, 0.3) is 5.56 Å². The summed E-state index contributed by atoms with van der Waals surface area (Å²) >= 11 is 0. The minimum absolute atomic E-state index is 0.0214. The van der Waals surface area contributed by atoms with E-state index in [1.54, 1.807) is 17.7 Å². The van der Waals surface area contributed by atoms with Gasteiger partial charge >= 0.3 is 0 Å². The minimum atomic E-state index is 0.0214. The Kier molecular flexibility index (Phi) is 4.15. The van der Waals surface area contributed by atoms with Gasteiger partial charge in [-0.3, -0.25) is 4.79 Å². The first kappa shape index (κ1) is 14.4. The van der Waals surface area contributed by atoms with Crippen LogP contribution in [0.4, 0.5) is 5.69 Å². The lowest BCUT2D eigenvalue weighted by Crippen LogP contribution is -2.30. The number of nitrogens with zero attached hydrogens (tertiary/aromatic N) is 1. The molecule has 4 nitrogen and oxygen atoms in total. The highest BCUT2D eigenvalue weighted by Crippen LogP contribution is 2.45. The molecule has 1 saturated carbocycles. The van der Waals surface area contributed by atoms with Crippen molar-refractivity contribution >= 4 is 5.69 Å². The molecule has 2 aliphatic carbocycles. The first-order chi connectivity index (χ1) is 10.2. The molecule has 0 aromatic carbocycles. The topological polar surface area (TPSA) is 43.3 Å². The third kappa shape index (κ3) is 3.05. The minimum Gasteiger partial charge on any atom is -0.383 e. The maximum atomic E-state index is 11.8. The number of methoxy groups -OCH3 is 1. The fraction of sp³-hybridized carbons (Fsp3) is 0.588. The fourth-order valence-corrected chi connectivity index (χ4v) is 3.75. The normalized spacial score (nSPS) is 28.0. The zero-order valence-electron chi connectivity index (χ0n) is 12.8. The van der Waals surface area contributed by atoms with E-state index in [4.69, 9.17) is 4.74 Å². The summed E-state index contributed by atoms with van der Waals surface area (Å²) in [7, 11) is 1.65. The number of anilines is 1. The van der Waals surface area contributed by atoms with Crippen molar-refractivity contribution < 1.29 is 4.74 Å². The average molecular weight is 288 g/mol. The van der Waals surface area contributed by atoms with Crippen LogP contribution in [0.1, 0.15) is 19.8 Å². The molecule has 2 bridgehead atoms. The zero-order valence-corrected chi connectivity index (χ0v) is 12.8. The summed E-state index contributed by atoms with van der Waals surface area (Å²) in [5.41, 5.74) is 1.04. The fourth-order valence-electron chi connectivity index (χ4n) is 3.75. The van der Waals surface area contributed by atoms with E-state index < -0.39 is 0 Å². The van der Waals surface area contributed by atoms with Crippen LogP contribution in [0.3, 0.4) is 0 Å². The molecule has 1 aromatic heterocycles. The smallest absolute Gasteiger partial charge is 0.250 e. The van der Waals surface area contributed by atoms with E-state index in [2.05, 4.69) is 24.4 Å². The maximum Gasteiger partial charge on any atom is 0.250 e. The molecule has 4 atom stereocenters. The Balaban J connectivity index is 1.67. The molecule has 0 aliphatic heterocycles. The number of ether oxygens (including phenoxy) is 1. The molecule has 0 radical (unpaired) electrons. The van der Waals surface area contributed by atoms with Gasteiger partial charge in [0, 0.05) is 32.0 Å². The highest BCUT2D eigenvalue weighted by molar-refractivity contribution is 5.41. The van der Waals surface area contributed by atoms with Gasteiger partial charge in [0.2, 0.25) is 0 Å². The van der Waals surface area contributed by atoms with E-state index >= 15 is 0 Å². The molecule has 0 spiro atoms. The summed E-state index contributed by atoms with van der Waals surface area (Å²) in [4.78, 5) is 11.8. The van der Waals surface area contributed by atoms with Crippen molar-refractivity contribution in [2.75, 3.05) is 19.0 Å². The number of rotatable bonds is 6. The van der Waals surface area contributed by atoms with E-state index in [1.807, 2.05) is 12.3 Å². The Bertz CT molecular complexity index is 578. The summed E-state index contributed by atoms with van der Waals surface area (Å²) in [5.74, 6) is 2.23.